The SMILES string of the molecule is CNc1nc(N2CCC(OC)C2)c(Cl)cc1Cl. The van der Waals surface area contributed by atoms with Gasteiger partial charge in [0.2, 0.25) is 0 Å². The Labute approximate surface area is 111 Å². The first kappa shape index (κ1) is 12.7. The van der Waals surface area contributed by atoms with E-state index in [4.69, 9.17) is 27.9 Å². The third-order valence-electron chi connectivity index (χ3n) is 2.93. The fraction of sp³-hybridized carbons (Fsp3) is 0.545. The Kier molecular flexibility index (Phi) is 3.97. The van der Waals surface area contributed by atoms with Gasteiger partial charge in [0.15, 0.2) is 0 Å². The summed E-state index contributed by atoms with van der Waals surface area (Å²) in [6.07, 6.45) is 1.24. The zero-order valence-electron chi connectivity index (χ0n) is 9.83. The van der Waals surface area contributed by atoms with Crippen LogP contribution in [0.4, 0.5) is 11.6 Å². The van der Waals surface area contributed by atoms with Gasteiger partial charge in [-0.2, -0.15) is 0 Å². The van der Waals surface area contributed by atoms with Crippen molar-refractivity contribution in [2.75, 3.05) is 37.5 Å². The molecule has 1 unspecified atom stereocenters. The van der Waals surface area contributed by atoms with E-state index in [0.29, 0.717) is 15.9 Å². The number of ether oxygens (including phenoxy) is 1. The number of nitrogens with one attached hydrogen (secondary N) is 1. The average molecular weight is 276 g/mol. The Bertz CT molecular complexity index is 414. The number of aromatic nitrogens is 1. The van der Waals surface area contributed by atoms with Crippen molar-refractivity contribution < 1.29 is 4.74 Å². The number of rotatable bonds is 3. The van der Waals surface area contributed by atoms with Crippen LogP contribution in [-0.4, -0.2) is 38.3 Å². The van der Waals surface area contributed by atoms with Crippen molar-refractivity contribution in [3.8, 4) is 0 Å². The Morgan fingerprint density at radius 3 is 2.82 bits per heavy atom. The fourth-order valence-corrected chi connectivity index (χ4v) is 2.54. The van der Waals surface area contributed by atoms with E-state index < -0.39 is 0 Å². The zero-order chi connectivity index (χ0) is 12.4. The Hall–Kier alpha value is -0.710. The first-order valence-corrected chi connectivity index (χ1v) is 6.22. The lowest BCUT2D eigenvalue weighted by atomic mass is 10.3. The summed E-state index contributed by atoms with van der Waals surface area (Å²) in [5, 5.41) is 4.06. The van der Waals surface area contributed by atoms with E-state index >= 15 is 0 Å². The third-order valence-corrected chi connectivity index (χ3v) is 3.49. The van der Waals surface area contributed by atoms with Crippen LogP contribution >= 0.6 is 23.2 Å². The maximum Gasteiger partial charge on any atom is 0.150 e. The number of nitrogens with zero attached hydrogens (tertiary/aromatic N) is 2. The lowest BCUT2D eigenvalue weighted by Crippen LogP contribution is -2.23. The van der Waals surface area contributed by atoms with Gasteiger partial charge in [-0.15, -0.1) is 0 Å². The molecule has 1 N–H and O–H groups in total. The standard InChI is InChI=1S/C11H15Cl2N3O/c1-14-10-8(12)5-9(13)11(15-10)16-4-3-7(6-16)17-2/h5,7H,3-4,6H2,1-2H3,(H,14,15). The highest BCUT2D eigenvalue weighted by molar-refractivity contribution is 6.37. The molecule has 0 saturated carbocycles. The minimum absolute atomic E-state index is 0.251. The highest BCUT2D eigenvalue weighted by Crippen LogP contribution is 2.33. The molecule has 94 valence electrons. The van der Waals surface area contributed by atoms with Crippen LogP contribution in [0.2, 0.25) is 10.0 Å². The predicted octanol–water partition coefficient (Wildman–Crippen LogP) is 2.66. The van der Waals surface area contributed by atoms with E-state index in [1.54, 1.807) is 20.2 Å². The minimum atomic E-state index is 0.251. The summed E-state index contributed by atoms with van der Waals surface area (Å²) in [6, 6.07) is 1.72. The van der Waals surface area contributed by atoms with Crippen LogP contribution in [0.3, 0.4) is 0 Å². The first-order valence-electron chi connectivity index (χ1n) is 5.47. The van der Waals surface area contributed by atoms with Gasteiger partial charge in [-0.3, -0.25) is 0 Å². The van der Waals surface area contributed by atoms with E-state index in [0.717, 1.165) is 25.3 Å². The molecule has 1 aromatic heterocycles. The van der Waals surface area contributed by atoms with Crippen LogP contribution in [0.25, 0.3) is 0 Å². The fourth-order valence-electron chi connectivity index (χ4n) is 1.97. The number of halogens is 2. The molecule has 1 atom stereocenters. The van der Waals surface area contributed by atoms with Gasteiger partial charge >= 0.3 is 0 Å². The average Bonchev–Trinajstić information content (AvgIpc) is 2.78. The molecule has 4 nitrogen and oxygen atoms in total. The smallest absolute Gasteiger partial charge is 0.150 e. The molecule has 1 aromatic rings. The van der Waals surface area contributed by atoms with Gasteiger partial charge in [0, 0.05) is 27.2 Å². The lowest BCUT2D eigenvalue weighted by Gasteiger charge is -2.19. The Morgan fingerprint density at radius 2 is 2.24 bits per heavy atom. The van der Waals surface area contributed by atoms with Crippen LogP contribution in [-0.2, 0) is 4.74 Å². The van der Waals surface area contributed by atoms with Crippen molar-refractivity contribution in [3.63, 3.8) is 0 Å². The molecule has 2 rings (SSSR count). The van der Waals surface area contributed by atoms with Gasteiger partial charge in [-0.05, 0) is 12.5 Å². The molecule has 0 aliphatic carbocycles. The van der Waals surface area contributed by atoms with Crippen molar-refractivity contribution in [2.45, 2.75) is 12.5 Å². The van der Waals surface area contributed by atoms with Gasteiger partial charge in [-0.1, -0.05) is 23.2 Å². The van der Waals surface area contributed by atoms with E-state index in [-0.39, 0.29) is 6.10 Å². The van der Waals surface area contributed by atoms with E-state index in [2.05, 4.69) is 15.2 Å². The monoisotopic (exact) mass is 275 g/mol. The lowest BCUT2D eigenvalue weighted by molar-refractivity contribution is 0.121. The van der Waals surface area contributed by atoms with Crippen LogP contribution in [0.1, 0.15) is 6.42 Å². The summed E-state index contributed by atoms with van der Waals surface area (Å²) in [4.78, 5) is 6.56. The molecular formula is C11H15Cl2N3O. The molecule has 0 spiro atoms. The molecule has 0 bridgehead atoms. The molecule has 17 heavy (non-hydrogen) atoms. The Morgan fingerprint density at radius 1 is 1.47 bits per heavy atom. The Balaban J connectivity index is 2.26. The summed E-state index contributed by atoms with van der Waals surface area (Å²) in [5.41, 5.74) is 0. The van der Waals surface area contributed by atoms with Crippen LogP contribution in [0.5, 0.6) is 0 Å². The van der Waals surface area contributed by atoms with Crippen molar-refractivity contribution in [1.29, 1.82) is 0 Å². The quantitative estimate of drug-likeness (QED) is 0.921. The highest BCUT2D eigenvalue weighted by Gasteiger charge is 2.25. The summed E-state index contributed by atoms with van der Waals surface area (Å²) in [7, 11) is 3.51. The topological polar surface area (TPSA) is 37.4 Å². The molecule has 2 heterocycles. The second-order valence-electron chi connectivity index (χ2n) is 3.97. The van der Waals surface area contributed by atoms with Gasteiger partial charge in [0.25, 0.3) is 0 Å². The zero-order valence-corrected chi connectivity index (χ0v) is 11.3. The summed E-state index contributed by atoms with van der Waals surface area (Å²) in [5.74, 6) is 1.41. The number of hydrogen-bond donors (Lipinski definition) is 1. The molecule has 1 aliphatic rings. The van der Waals surface area contributed by atoms with Crippen LogP contribution in [0.15, 0.2) is 6.07 Å². The van der Waals surface area contributed by atoms with Crippen molar-refractivity contribution >= 4 is 34.8 Å². The molecule has 1 fully saturated rings. The molecular weight excluding hydrogens is 261 g/mol. The van der Waals surface area contributed by atoms with E-state index in [9.17, 15) is 0 Å². The summed E-state index contributed by atoms with van der Waals surface area (Å²) in [6.45, 7) is 1.71. The van der Waals surface area contributed by atoms with Crippen LogP contribution in [0, 0.1) is 0 Å². The van der Waals surface area contributed by atoms with E-state index in [1.165, 1.54) is 0 Å². The molecule has 0 aromatic carbocycles. The van der Waals surface area contributed by atoms with Gasteiger partial charge in [0.05, 0.1) is 16.1 Å². The summed E-state index contributed by atoms with van der Waals surface area (Å²) >= 11 is 12.2. The molecule has 1 saturated heterocycles. The second kappa shape index (κ2) is 5.29. The second-order valence-corrected chi connectivity index (χ2v) is 4.78. The van der Waals surface area contributed by atoms with Crippen molar-refractivity contribution in [3.05, 3.63) is 16.1 Å². The number of anilines is 2. The molecule has 1 aliphatic heterocycles. The molecule has 6 heteroatoms. The van der Waals surface area contributed by atoms with Gasteiger partial charge in [-0.25, -0.2) is 4.98 Å². The predicted molar refractivity (Wildman–Crippen MR) is 71.4 cm³/mol. The van der Waals surface area contributed by atoms with Crippen molar-refractivity contribution in [1.82, 2.24) is 4.98 Å². The maximum absolute atomic E-state index is 6.17. The van der Waals surface area contributed by atoms with Gasteiger partial charge in [0.1, 0.15) is 11.6 Å². The number of pyridine rings is 1. The first-order chi connectivity index (χ1) is 8.15. The largest absolute Gasteiger partial charge is 0.380 e. The minimum Gasteiger partial charge on any atom is -0.380 e. The number of hydrogen-bond acceptors (Lipinski definition) is 4. The molecule has 0 amide bonds. The normalized spacial score (nSPS) is 19.8. The number of methoxy groups -OCH3 is 1. The van der Waals surface area contributed by atoms with E-state index in [1.807, 2.05) is 0 Å². The maximum atomic E-state index is 6.17. The molecule has 0 radical (unpaired) electrons. The highest BCUT2D eigenvalue weighted by atomic mass is 35.5. The van der Waals surface area contributed by atoms with Gasteiger partial charge < -0.3 is 15.0 Å². The third kappa shape index (κ3) is 2.59. The van der Waals surface area contributed by atoms with Crippen molar-refractivity contribution in [2.24, 2.45) is 0 Å². The van der Waals surface area contributed by atoms with Crippen LogP contribution < -0.4 is 10.2 Å². The summed E-state index contributed by atoms with van der Waals surface area (Å²) < 4.78 is 5.33.